The van der Waals surface area contributed by atoms with E-state index in [1.165, 1.54) is 0 Å². The van der Waals surface area contributed by atoms with E-state index in [2.05, 4.69) is 18.9 Å². The number of ether oxygens (including phenoxy) is 2. The van der Waals surface area contributed by atoms with Gasteiger partial charge in [-0.05, 0) is 38.5 Å². The third-order valence-electron chi connectivity index (χ3n) is 5.74. The van der Waals surface area contributed by atoms with E-state index in [0.29, 0.717) is 6.42 Å². The maximum Gasteiger partial charge on any atom is 0.335 e. The second kappa shape index (κ2) is 8.08. The Labute approximate surface area is 190 Å². The Morgan fingerprint density at radius 2 is 1.91 bits per heavy atom. The molecule has 0 bridgehead atoms. The van der Waals surface area contributed by atoms with Crippen molar-refractivity contribution in [2.75, 3.05) is 7.11 Å². The Balaban J connectivity index is 1.50. The van der Waals surface area contributed by atoms with Crippen LogP contribution in [0.2, 0.25) is 0 Å². The molecule has 1 aliphatic carbocycles. The Morgan fingerprint density at radius 3 is 2.66 bits per heavy atom. The SMILES string of the molecule is COS(=O)(=O)N[C@@H]1C[C@@H](n2ccc3c(Sc4ccccc4)ncnc32)[C@@H]2OC(C)(C)O[C@@H]21. The number of hydrogen-bond donors (Lipinski definition) is 1. The predicted octanol–water partition coefficient (Wildman–Crippen LogP) is 2.90. The first-order valence-electron chi connectivity index (χ1n) is 10.2. The zero-order valence-corrected chi connectivity index (χ0v) is 19.5. The second-order valence-electron chi connectivity index (χ2n) is 8.27. The maximum absolute atomic E-state index is 12.1. The van der Waals surface area contributed by atoms with Crippen LogP contribution in [0.1, 0.15) is 26.3 Å². The summed E-state index contributed by atoms with van der Waals surface area (Å²) < 4.78 is 45.6. The van der Waals surface area contributed by atoms with Gasteiger partial charge in [0.25, 0.3) is 0 Å². The lowest BCUT2D eigenvalue weighted by molar-refractivity contribution is -0.157. The minimum Gasteiger partial charge on any atom is -0.343 e. The first-order chi connectivity index (χ1) is 15.3. The van der Waals surface area contributed by atoms with Crippen molar-refractivity contribution < 1.29 is 22.1 Å². The maximum atomic E-state index is 12.1. The van der Waals surface area contributed by atoms with Crippen molar-refractivity contribution in [2.45, 2.75) is 60.3 Å². The topological polar surface area (TPSA) is 105 Å². The summed E-state index contributed by atoms with van der Waals surface area (Å²) in [5, 5.41) is 1.78. The summed E-state index contributed by atoms with van der Waals surface area (Å²) in [6.07, 6.45) is 3.20. The normalized spacial score (nSPS) is 27.1. The molecule has 0 spiro atoms. The molecule has 170 valence electrons. The highest BCUT2D eigenvalue weighted by molar-refractivity contribution is 7.99. The lowest BCUT2D eigenvalue weighted by Gasteiger charge is -2.24. The summed E-state index contributed by atoms with van der Waals surface area (Å²) in [4.78, 5) is 10.1. The number of aromatic nitrogens is 3. The molecule has 3 heterocycles. The van der Waals surface area contributed by atoms with Gasteiger partial charge in [-0.15, -0.1) is 0 Å². The van der Waals surface area contributed by atoms with Gasteiger partial charge in [-0.25, -0.2) is 9.97 Å². The van der Waals surface area contributed by atoms with Crippen LogP contribution in [0.4, 0.5) is 0 Å². The van der Waals surface area contributed by atoms with Crippen LogP contribution in [0.5, 0.6) is 0 Å². The number of nitrogens with zero attached hydrogens (tertiary/aromatic N) is 3. The van der Waals surface area contributed by atoms with Crippen LogP contribution in [0.3, 0.4) is 0 Å². The van der Waals surface area contributed by atoms with Crippen molar-refractivity contribution in [3.8, 4) is 0 Å². The summed E-state index contributed by atoms with van der Waals surface area (Å²) in [5.41, 5.74) is 0.769. The summed E-state index contributed by atoms with van der Waals surface area (Å²) in [7, 11) is -2.75. The summed E-state index contributed by atoms with van der Waals surface area (Å²) in [6, 6.07) is 11.4. The van der Waals surface area contributed by atoms with E-state index in [1.54, 1.807) is 18.1 Å². The molecule has 5 rings (SSSR count). The minimum atomic E-state index is -3.88. The molecule has 11 heteroatoms. The lowest BCUT2D eigenvalue weighted by Crippen LogP contribution is -2.43. The van der Waals surface area contributed by atoms with Crippen molar-refractivity contribution >= 4 is 33.1 Å². The Hall–Kier alpha value is -2.02. The van der Waals surface area contributed by atoms with E-state index in [-0.39, 0.29) is 12.1 Å². The van der Waals surface area contributed by atoms with E-state index in [1.807, 2.05) is 61.0 Å². The molecule has 1 N–H and O–H groups in total. The second-order valence-corrected chi connectivity index (χ2v) is 10.8. The van der Waals surface area contributed by atoms with Gasteiger partial charge in [0.15, 0.2) is 5.79 Å². The van der Waals surface area contributed by atoms with Crippen LogP contribution in [-0.2, 0) is 24.0 Å². The van der Waals surface area contributed by atoms with Crippen LogP contribution in [0, 0.1) is 0 Å². The first-order valence-corrected chi connectivity index (χ1v) is 12.5. The fourth-order valence-electron chi connectivity index (χ4n) is 4.47. The summed E-state index contributed by atoms with van der Waals surface area (Å²) in [5.74, 6) is -0.822. The first kappa shape index (κ1) is 21.8. The van der Waals surface area contributed by atoms with E-state index >= 15 is 0 Å². The van der Waals surface area contributed by atoms with E-state index in [4.69, 9.17) is 9.47 Å². The van der Waals surface area contributed by atoms with Gasteiger partial charge in [0.05, 0.1) is 24.6 Å². The number of nitrogens with one attached hydrogen (secondary N) is 1. The van der Waals surface area contributed by atoms with E-state index in [9.17, 15) is 8.42 Å². The highest BCUT2D eigenvalue weighted by Gasteiger charge is 2.55. The molecule has 3 aromatic rings. The van der Waals surface area contributed by atoms with Gasteiger partial charge in [-0.1, -0.05) is 30.0 Å². The number of rotatable bonds is 6. The van der Waals surface area contributed by atoms with Crippen LogP contribution < -0.4 is 4.72 Å². The largest absolute Gasteiger partial charge is 0.343 e. The molecule has 2 fully saturated rings. The molecular formula is C21H24N4O5S2. The van der Waals surface area contributed by atoms with Crippen LogP contribution in [-0.4, -0.2) is 54.1 Å². The van der Waals surface area contributed by atoms with Gasteiger partial charge in [0.2, 0.25) is 0 Å². The van der Waals surface area contributed by atoms with Crippen molar-refractivity contribution in [1.82, 2.24) is 19.3 Å². The molecule has 2 aliphatic rings. The standard InChI is InChI=1S/C21H24N4O5S2/c1-21(2)29-17-15(24-32(26,27)28-3)11-16(18(17)30-21)25-10-9-14-19(25)22-12-23-20(14)31-13-7-5-4-6-8-13/h4-10,12,15-18,24H,11H2,1-3H3/t15-,16-,17-,18+/m1/s1. The molecule has 32 heavy (non-hydrogen) atoms. The van der Waals surface area contributed by atoms with Crippen molar-refractivity contribution in [2.24, 2.45) is 0 Å². The molecule has 0 amide bonds. The highest BCUT2D eigenvalue weighted by Crippen LogP contribution is 2.45. The molecule has 4 atom stereocenters. The van der Waals surface area contributed by atoms with Gasteiger partial charge in [-0.3, -0.25) is 4.18 Å². The Kier molecular flexibility index (Phi) is 5.51. The van der Waals surface area contributed by atoms with E-state index in [0.717, 1.165) is 28.1 Å². The van der Waals surface area contributed by atoms with Crippen LogP contribution in [0.15, 0.2) is 58.8 Å². The smallest absolute Gasteiger partial charge is 0.335 e. The molecule has 1 aromatic carbocycles. The zero-order valence-electron chi connectivity index (χ0n) is 17.8. The average molecular weight is 477 g/mol. The molecule has 1 saturated carbocycles. The van der Waals surface area contributed by atoms with Crippen LogP contribution >= 0.6 is 11.8 Å². The third kappa shape index (κ3) is 4.04. The van der Waals surface area contributed by atoms with Gasteiger partial charge in [-0.2, -0.15) is 13.1 Å². The van der Waals surface area contributed by atoms with Gasteiger partial charge in [0.1, 0.15) is 29.2 Å². The molecule has 1 aliphatic heterocycles. The monoisotopic (exact) mass is 476 g/mol. The molecule has 0 unspecified atom stereocenters. The van der Waals surface area contributed by atoms with Gasteiger partial charge in [0, 0.05) is 11.1 Å². The highest BCUT2D eigenvalue weighted by atomic mass is 32.2. The number of hydrogen-bond acceptors (Lipinski definition) is 8. The average Bonchev–Trinajstić information content (AvgIpc) is 3.41. The van der Waals surface area contributed by atoms with Crippen molar-refractivity contribution in [3.05, 3.63) is 48.9 Å². The van der Waals surface area contributed by atoms with Crippen LogP contribution in [0.25, 0.3) is 11.0 Å². The van der Waals surface area contributed by atoms with E-state index < -0.39 is 28.2 Å². The quantitative estimate of drug-likeness (QED) is 0.542. The summed E-state index contributed by atoms with van der Waals surface area (Å²) in [6.45, 7) is 3.66. The van der Waals surface area contributed by atoms with Crippen molar-refractivity contribution in [1.29, 1.82) is 0 Å². The molecule has 0 radical (unpaired) electrons. The minimum absolute atomic E-state index is 0.173. The fourth-order valence-corrected chi connectivity index (χ4v) is 6.05. The zero-order chi connectivity index (χ0) is 22.5. The molecule has 9 nitrogen and oxygen atoms in total. The molecule has 2 aromatic heterocycles. The Bertz CT molecular complexity index is 1230. The number of benzene rings is 1. The third-order valence-corrected chi connectivity index (χ3v) is 7.79. The summed E-state index contributed by atoms with van der Waals surface area (Å²) >= 11 is 1.57. The van der Waals surface area contributed by atoms with Gasteiger partial charge < -0.3 is 14.0 Å². The lowest BCUT2D eigenvalue weighted by atomic mass is 10.2. The number of fused-ring (bicyclic) bond motifs is 2. The fraction of sp³-hybridized carbons (Fsp3) is 0.429. The molecular weight excluding hydrogens is 452 g/mol. The Morgan fingerprint density at radius 1 is 1.16 bits per heavy atom. The molecule has 1 saturated heterocycles. The van der Waals surface area contributed by atoms with Crippen molar-refractivity contribution in [3.63, 3.8) is 0 Å². The van der Waals surface area contributed by atoms with Gasteiger partial charge >= 0.3 is 10.3 Å². The predicted molar refractivity (Wildman–Crippen MR) is 118 cm³/mol.